The highest BCUT2D eigenvalue weighted by molar-refractivity contribution is 6.65. The predicted molar refractivity (Wildman–Crippen MR) is 258 cm³/mol. The average Bonchev–Trinajstić information content (AvgIpc) is 3.40. The third-order valence-electron chi connectivity index (χ3n) is 14.9. The molecule has 0 amide bonds. The summed E-state index contributed by atoms with van der Waals surface area (Å²) < 4.78 is 27.2. The van der Waals surface area contributed by atoms with Crippen LogP contribution in [-0.2, 0) is 37.3 Å². The monoisotopic (exact) mass is 909 g/mol. The zero-order valence-electron chi connectivity index (χ0n) is 41.4. The van der Waals surface area contributed by atoms with Gasteiger partial charge in [-0.25, -0.2) is 0 Å². The van der Waals surface area contributed by atoms with Gasteiger partial charge in [-0.3, -0.25) is 0 Å². The highest BCUT2D eigenvalue weighted by Crippen LogP contribution is 2.44. The molecule has 2 heterocycles. The Bertz CT molecular complexity index is 948. The summed E-state index contributed by atoms with van der Waals surface area (Å²) in [4.78, 5) is 25.5. The molecule has 0 aromatic carbocycles. The second kappa shape index (κ2) is 28.4. The van der Waals surface area contributed by atoms with Crippen molar-refractivity contribution in [3.05, 3.63) is 0 Å². The lowest BCUT2D eigenvalue weighted by atomic mass is 9.97. The van der Waals surface area contributed by atoms with Crippen LogP contribution >= 0.6 is 0 Å². The normalized spacial score (nSPS) is 29.6. The molecule has 6 fully saturated rings. The van der Waals surface area contributed by atoms with Crippen molar-refractivity contribution in [2.45, 2.75) is 332 Å². The molecule has 0 atom stereocenters. The van der Waals surface area contributed by atoms with E-state index in [-0.39, 0.29) is 0 Å². The van der Waals surface area contributed by atoms with Crippen LogP contribution in [0.15, 0.2) is 0 Å². The summed E-state index contributed by atoms with van der Waals surface area (Å²) in [6, 6.07) is 0. The number of hydrogen-bond acceptors (Lipinski definition) is 8. The molecule has 4 spiro atoms. The van der Waals surface area contributed by atoms with Crippen LogP contribution in [-0.4, -0.2) is 40.3 Å². The summed E-state index contributed by atoms with van der Waals surface area (Å²) >= 11 is 0. The lowest BCUT2D eigenvalue weighted by Gasteiger charge is -2.35. The van der Waals surface area contributed by atoms with E-state index < -0.39 is 40.3 Å². The van der Waals surface area contributed by atoms with Crippen molar-refractivity contribution < 1.29 is 37.3 Å². The Labute approximate surface area is 384 Å². The van der Waals surface area contributed by atoms with Crippen LogP contribution in [0.25, 0.3) is 0 Å². The Balaban J connectivity index is 0.000000234. The summed E-state index contributed by atoms with van der Waals surface area (Å²) in [5.74, 6) is -2.44. The Morgan fingerprint density at radius 2 is 0.306 bits per heavy atom. The van der Waals surface area contributed by atoms with E-state index in [4.69, 9.17) is 37.3 Å². The molecule has 2 aliphatic heterocycles. The van der Waals surface area contributed by atoms with Crippen molar-refractivity contribution in [3.63, 3.8) is 0 Å². The first kappa shape index (κ1) is 53.1. The minimum atomic E-state index is -2.39. The quantitative estimate of drug-likeness (QED) is 0.176. The maximum Gasteiger partial charge on any atom is 0.336 e. The standard InChI is InChI=1S/2C26H50O4Si/c2*1-31(2)29-25(21-17-13-9-5-3-6-10-14-18-22-25)27-28-26(30-31)23-19-15-11-7-4-8-12-16-20-24-26/h2*3-24H2,1-2H3. The molecule has 8 nitrogen and oxygen atoms in total. The Hall–Kier alpha value is 0.114. The van der Waals surface area contributed by atoms with Gasteiger partial charge in [0, 0.05) is 51.4 Å². The minimum absolute atomic E-state index is 0.609. The maximum atomic E-state index is 6.80. The predicted octanol–water partition coefficient (Wildman–Crippen LogP) is 17.4. The fourth-order valence-electron chi connectivity index (χ4n) is 11.6. The van der Waals surface area contributed by atoms with Gasteiger partial charge in [-0.05, 0) is 77.6 Å². The first-order valence-electron chi connectivity index (χ1n) is 27.6. The highest BCUT2D eigenvalue weighted by Gasteiger charge is 2.53. The summed E-state index contributed by atoms with van der Waals surface area (Å²) in [7, 11) is -4.78. The third-order valence-corrected chi connectivity index (χ3v) is 18.3. The second-order valence-corrected chi connectivity index (χ2v) is 28.3. The molecule has 4 aliphatic carbocycles. The molecule has 10 heteroatoms. The molecule has 0 aromatic rings. The van der Waals surface area contributed by atoms with Crippen molar-refractivity contribution in [1.29, 1.82) is 0 Å². The van der Waals surface area contributed by atoms with Crippen LogP contribution in [0.4, 0.5) is 0 Å². The average molecular weight is 910 g/mol. The van der Waals surface area contributed by atoms with Crippen molar-refractivity contribution in [3.8, 4) is 0 Å². The lowest BCUT2D eigenvalue weighted by Crippen LogP contribution is -2.48. The van der Waals surface area contributed by atoms with Gasteiger partial charge in [0.15, 0.2) is 23.1 Å². The van der Waals surface area contributed by atoms with Gasteiger partial charge in [0.05, 0.1) is 0 Å². The zero-order valence-corrected chi connectivity index (χ0v) is 43.4. The van der Waals surface area contributed by atoms with Gasteiger partial charge >= 0.3 is 17.1 Å². The smallest absolute Gasteiger partial charge is 0.336 e. The minimum Gasteiger partial charge on any atom is -0.363 e. The fourth-order valence-corrected chi connectivity index (χ4v) is 16.2. The maximum absolute atomic E-state index is 6.80. The molecule has 364 valence electrons. The van der Waals surface area contributed by atoms with Gasteiger partial charge < -0.3 is 17.7 Å². The van der Waals surface area contributed by atoms with E-state index in [0.29, 0.717) is 0 Å². The fraction of sp³-hybridized carbons (Fsp3) is 1.00. The summed E-state index contributed by atoms with van der Waals surface area (Å²) in [6.45, 7) is 8.84. The van der Waals surface area contributed by atoms with E-state index in [1.54, 1.807) is 0 Å². The molecule has 4 saturated carbocycles. The molecule has 0 bridgehead atoms. The highest BCUT2D eigenvalue weighted by atomic mass is 28.4. The van der Waals surface area contributed by atoms with E-state index in [0.717, 1.165) is 103 Å². The van der Waals surface area contributed by atoms with Crippen LogP contribution in [0, 0.1) is 0 Å². The van der Waals surface area contributed by atoms with Crippen molar-refractivity contribution >= 4 is 17.1 Å². The van der Waals surface area contributed by atoms with Crippen molar-refractivity contribution in [2.24, 2.45) is 0 Å². The van der Waals surface area contributed by atoms with E-state index >= 15 is 0 Å². The molecule has 62 heavy (non-hydrogen) atoms. The van der Waals surface area contributed by atoms with Crippen LogP contribution in [0.3, 0.4) is 0 Å². The van der Waals surface area contributed by atoms with Gasteiger partial charge in [0.25, 0.3) is 0 Å². The van der Waals surface area contributed by atoms with Gasteiger partial charge in [-0.2, -0.15) is 19.6 Å². The molecule has 6 rings (SSSR count). The van der Waals surface area contributed by atoms with Gasteiger partial charge in [-0.15, -0.1) is 0 Å². The number of rotatable bonds is 0. The summed E-state index contributed by atoms with van der Waals surface area (Å²) in [5, 5.41) is 0. The largest absolute Gasteiger partial charge is 0.363 e. The van der Waals surface area contributed by atoms with E-state index in [1.165, 1.54) is 180 Å². The van der Waals surface area contributed by atoms with Crippen LogP contribution < -0.4 is 0 Å². The first-order chi connectivity index (χ1) is 30.1. The van der Waals surface area contributed by atoms with E-state index in [2.05, 4.69) is 26.2 Å². The second-order valence-electron chi connectivity index (χ2n) is 21.9. The molecular weight excluding hydrogens is 809 g/mol. The molecule has 0 radical (unpaired) electrons. The Kier molecular flexibility index (Phi) is 24.3. The van der Waals surface area contributed by atoms with Gasteiger partial charge in [0.2, 0.25) is 0 Å². The third kappa shape index (κ3) is 20.1. The topological polar surface area (TPSA) is 73.8 Å². The number of hydrogen-bond donors (Lipinski definition) is 0. The molecule has 0 unspecified atom stereocenters. The SMILES string of the molecule is C[Si]1(C)OC2(CCCCCCCCCCC2)OOC2(CCCCCCCCCCC2)O1.C[Si]1(C)OC2(CCCCCCCCCCC2)OOC2(CCCCCCCCCCC2)O1. The molecular formula is C52H100O8Si2. The summed E-state index contributed by atoms with van der Waals surface area (Å²) in [6.07, 6.45) is 54.1. The van der Waals surface area contributed by atoms with E-state index in [9.17, 15) is 0 Å². The van der Waals surface area contributed by atoms with Crippen molar-refractivity contribution in [2.75, 3.05) is 0 Å². The first-order valence-corrected chi connectivity index (χ1v) is 33.2. The van der Waals surface area contributed by atoms with Crippen LogP contribution in [0.2, 0.25) is 26.2 Å². The lowest BCUT2D eigenvalue weighted by molar-refractivity contribution is -0.472. The molecule has 6 aliphatic rings. The van der Waals surface area contributed by atoms with Gasteiger partial charge in [-0.1, -0.05) is 180 Å². The van der Waals surface area contributed by atoms with E-state index in [1.807, 2.05) is 0 Å². The van der Waals surface area contributed by atoms with Crippen LogP contribution in [0.1, 0.15) is 283 Å². The molecule has 2 saturated heterocycles. The Morgan fingerprint density at radius 1 is 0.194 bits per heavy atom. The zero-order chi connectivity index (χ0) is 43.8. The Morgan fingerprint density at radius 3 is 0.435 bits per heavy atom. The van der Waals surface area contributed by atoms with Crippen molar-refractivity contribution in [1.82, 2.24) is 0 Å². The van der Waals surface area contributed by atoms with Gasteiger partial charge in [0.1, 0.15) is 0 Å². The molecule has 0 N–H and O–H groups in total. The summed E-state index contributed by atoms with van der Waals surface area (Å²) in [5.41, 5.74) is 0. The molecule has 0 aromatic heterocycles. The van der Waals surface area contributed by atoms with Crippen LogP contribution in [0.5, 0.6) is 0 Å².